The Morgan fingerprint density at radius 1 is 1.39 bits per heavy atom. The van der Waals surface area contributed by atoms with Gasteiger partial charge in [-0.05, 0) is 12.5 Å². The summed E-state index contributed by atoms with van der Waals surface area (Å²) in [6, 6.07) is 7.67. The van der Waals surface area contributed by atoms with Gasteiger partial charge in [-0.3, -0.25) is 14.9 Å². The second-order valence-electron chi connectivity index (χ2n) is 4.44. The molecule has 1 aliphatic heterocycles. The Morgan fingerprint density at radius 2 is 2.11 bits per heavy atom. The summed E-state index contributed by atoms with van der Waals surface area (Å²) in [6.45, 7) is 3.07. The third-order valence-electron chi connectivity index (χ3n) is 2.92. The monoisotopic (exact) mass is 247 g/mol. The topological polar surface area (TPSA) is 70.2 Å². The Hall–Kier alpha value is -1.88. The van der Waals surface area contributed by atoms with E-state index in [4.69, 9.17) is 0 Å². The second kappa shape index (κ2) is 5.64. The van der Waals surface area contributed by atoms with Crippen LogP contribution in [0, 0.1) is 6.92 Å². The first-order valence-electron chi connectivity index (χ1n) is 5.98. The van der Waals surface area contributed by atoms with Crippen LogP contribution in [0.5, 0.6) is 0 Å². The minimum Gasteiger partial charge on any atom is -0.353 e. The summed E-state index contributed by atoms with van der Waals surface area (Å²) in [6.07, 6.45) is 0. The molecule has 0 bridgehead atoms. The van der Waals surface area contributed by atoms with Crippen molar-refractivity contribution < 1.29 is 9.59 Å². The maximum absolute atomic E-state index is 11.8. The van der Waals surface area contributed by atoms with Crippen molar-refractivity contribution in [2.24, 2.45) is 0 Å². The van der Waals surface area contributed by atoms with E-state index in [1.54, 1.807) is 0 Å². The molecule has 0 saturated carbocycles. The van der Waals surface area contributed by atoms with Crippen molar-refractivity contribution >= 4 is 11.8 Å². The second-order valence-corrected chi connectivity index (χ2v) is 4.44. The van der Waals surface area contributed by atoms with Gasteiger partial charge in [-0.2, -0.15) is 0 Å². The fourth-order valence-electron chi connectivity index (χ4n) is 1.77. The van der Waals surface area contributed by atoms with Crippen LogP contribution in [0.25, 0.3) is 0 Å². The molecule has 1 saturated heterocycles. The first kappa shape index (κ1) is 12.6. The van der Waals surface area contributed by atoms with Crippen LogP contribution < -0.4 is 16.0 Å². The molecule has 0 spiro atoms. The first-order chi connectivity index (χ1) is 8.65. The molecular weight excluding hydrogens is 230 g/mol. The highest BCUT2D eigenvalue weighted by molar-refractivity contribution is 5.86. The lowest BCUT2D eigenvalue weighted by molar-refractivity contribution is -0.126. The number of hydrogen-bond acceptors (Lipinski definition) is 3. The number of carbonyl (C=O) groups excluding carboxylic acids is 2. The molecule has 3 N–H and O–H groups in total. The lowest BCUT2D eigenvalue weighted by Gasteiger charge is -2.23. The first-order valence-corrected chi connectivity index (χ1v) is 5.98. The molecule has 5 heteroatoms. The van der Waals surface area contributed by atoms with Crippen molar-refractivity contribution in [2.75, 3.05) is 13.1 Å². The molecule has 5 nitrogen and oxygen atoms in total. The molecule has 1 aromatic rings. The summed E-state index contributed by atoms with van der Waals surface area (Å²) in [7, 11) is 0. The lowest BCUT2D eigenvalue weighted by Crippen LogP contribution is -2.57. The van der Waals surface area contributed by atoms with Gasteiger partial charge < -0.3 is 10.6 Å². The van der Waals surface area contributed by atoms with Gasteiger partial charge in [0, 0.05) is 13.1 Å². The predicted molar refractivity (Wildman–Crippen MR) is 67.8 cm³/mol. The van der Waals surface area contributed by atoms with E-state index in [1.165, 1.54) is 5.56 Å². The Morgan fingerprint density at radius 3 is 2.72 bits per heavy atom. The Kier molecular flexibility index (Phi) is 3.94. The van der Waals surface area contributed by atoms with Crippen LogP contribution in [0.1, 0.15) is 11.1 Å². The molecule has 18 heavy (non-hydrogen) atoms. The van der Waals surface area contributed by atoms with Crippen molar-refractivity contribution in [3.8, 4) is 0 Å². The minimum absolute atomic E-state index is 0.0717. The van der Waals surface area contributed by atoms with E-state index in [0.717, 1.165) is 5.56 Å². The number of aryl methyl sites for hydroxylation is 1. The maximum Gasteiger partial charge on any atom is 0.239 e. The molecule has 0 aliphatic carbocycles. The van der Waals surface area contributed by atoms with Gasteiger partial charge in [0.05, 0.1) is 6.54 Å². The van der Waals surface area contributed by atoms with Crippen LogP contribution in [0.2, 0.25) is 0 Å². The highest BCUT2D eigenvalue weighted by Crippen LogP contribution is 2.02. The van der Waals surface area contributed by atoms with Gasteiger partial charge in [-0.1, -0.05) is 29.8 Å². The van der Waals surface area contributed by atoms with E-state index in [-0.39, 0.29) is 24.4 Å². The standard InChI is InChI=1S/C13H17N3O2/c1-9-2-4-10(5-3-9)6-16-13(18)11-7-15-12(17)8-14-11/h2-5,11,14H,6-8H2,1H3,(H,15,17)(H,16,18). The summed E-state index contributed by atoms with van der Waals surface area (Å²) in [5, 5.41) is 8.40. The van der Waals surface area contributed by atoms with Crippen LogP contribution >= 0.6 is 0 Å². The number of rotatable bonds is 3. The fourth-order valence-corrected chi connectivity index (χ4v) is 1.77. The van der Waals surface area contributed by atoms with E-state index >= 15 is 0 Å². The normalized spacial score (nSPS) is 19.2. The molecule has 2 amide bonds. The molecule has 1 aliphatic rings. The molecule has 0 aromatic heterocycles. The Labute approximate surface area is 106 Å². The van der Waals surface area contributed by atoms with Crippen LogP contribution in [0.15, 0.2) is 24.3 Å². The van der Waals surface area contributed by atoms with Crippen LogP contribution in [-0.2, 0) is 16.1 Å². The van der Waals surface area contributed by atoms with Crippen molar-refractivity contribution in [3.05, 3.63) is 35.4 Å². The quantitative estimate of drug-likeness (QED) is 0.687. The summed E-state index contributed by atoms with van der Waals surface area (Å²) in [5.74, 6) is -0.159. The van der Waals surface area contributed by atoms with Gasteiger partial charge in [0.25, 0.3) is 0 Å². The maximum atomic E-state index is 11.8. The summed E-state index contributed by atoms with van der Waals surface area (Å²) in [4.78, 5) is 22.8. The van der Waals surface area contributed by atoms with Crippen molar-refractivity contribution in [2.45, 2.75) is 19.5 Å². The van der Waals surface area contributed by atoms with E-state index in [1.807, 2.05) is 31.2 Å². The molecule has 1 aromatic carbocycles. The number of nitrogens with one attached hydrogen (secondary N) is 3. The van der Waals surface area contributed by atoms with E-state index in [9.17, 15) is 9.59 Å². The van der Waals surface area contributed by atoms with Gasteiger partial charge >= 0.3 is 0 Å². The van der Waals surface area contributed by atoms with Crippen molar-refractivity contribution in [3.63, 3.8) is 0 Å². The van der Waals surface area contributed by atoms with E-state index < -0.39 is 0 Å². The zero-order valence-electron chi connectivity index (χ0n) is 10.3. The molecule has 0 radical (unpaired) electrons. The Balaban J connectivity index is 1.81. The van der Waals surface area contributed by atoms with Crippen LogP contribution in [0.3, 0.4) is 0 Å². The molecule has 2 rings (SSSR count). The van der Waals surface area contributed by atoms with Crippen molar-refractivity contribution in [1.29, 1.82) is 0 Å². The summed E-state index contributed by atoms with van der Waals surface area (Å²) < 4.78 is 0. The number of benzene rings is 1. The molecule has 96 valence electrons. The van der Waals surface area contributed by atoms with Crippen molar-refractivity contribution in [1.82, 2.24) is 16.0 Å². The predicted octanol–water partition coefficient (Wildman–Crippen LogP) is -0.301. The van der Waals surface area contributed by atoms with Gasteiger partial charge in [-0.15, -0.1) is 0 Å². The molecule has 1 heterocycles. The zero-order chi connectivity index (χ0) is 13.0. The molecule has 1 atom stereocenters. The number of piperazine rings is 1. The van der Waals surface area contributed by atoms with Gasteiger partial charge in [0.2, 0.25) is 11.8 Å². The summed E-state index contributed by atoms with van der Waals surface area (Å²) >= 11 is 0. The van der Waals surface area contributed by atoms with Gasteiger partial charge in [0.15, 0.2) is 0 Å². The third-order valence-corrected chi connectivity index (χ3v) is 2.92. The summed E-state index contributed by atoms with van der Waals surface area (Å²) in [5.41, 5.74) is 2.26. The fraction of sp³-hybridized carbons (Fsp3) is 0.385. The highest BCUT2D eigenvalue weighted by atomic mass is 16.2. The average molecular weight is 247 g/mol. The lowest BCUT2D eigenvalue weighted by atomic mass is 10.1. The van der Waals surface area contributed by atoms with Crippen LogP contribution in [0.4, 0.5) is 0 Å². The number of hydrogen-bond donors (Lipinski definition) is 3. The Bertz CT molecular complexity index is 432. The highest BCUT2D eigenvalue weighted by Gasteiger charge is 2.23. The number of amides is 2. The number of carbonyl (C=O) groups is 2. The van der Waals surface area contributed by atoms with Crippen LogP contribution in [-0.4, -0.2) is 30.9 Å². The van der Waals surface area contributed by atoms with E-state index in [2.05, 4.69) is 16.0 Å². The average Bonchev–Trinajstić information content (AvgIpc) is 2.38. The van der Waals surface area contributed by atoms with Gasteiger partial charge in [0.1, 0.15) is 6.04 Å². The smallest absolute Gasteiger partial charge is 0.239 e. The largest absolute Gasteiger partial charge is 0.353 e. The molecule has 1 unspecified atom stereocenters. The SMILES string of the molecule is Cc1ccc(CNC(=O)C2CNC(=O)CN2)cc1. The zero-order valence-corrected chi connectivity index (χ0v) is 10.3. The molecule has 1 fully saturated rings. The molecular formula is C13H17N3O2. The van der Waals surface area contributed by atoms with E-state index in [0.29, 0.717) is 13.1 Å². The minimum atomic E-state index is -0.340. The van der Waals surface area contributed by atoms with Gasteiger partial charge in [-0.25, -0.2) is 0 Å². The third kappa shape index (κ3) is 3.30.